The molecule has 16 heavy (non-hydrogen) atoms. The fraction of sp³-hybridized carbons (Fsp3) is 0.462. The zero-order valence-corrected chi connectivity index (χ0v) is 10.4. The molecule has 0 saturated heterocycles. The fourth-order valence-electron chi connectivity index (χ4n) is 1.52. The van der Waals surface area contributed by atoms with E-state index in [1.165, 1.54) is 0 Å². The van der Waals surface area contributed by atoms with Gasteiger partial charge in [-0.05, 0) is 30.5 Å². The summed E-state index contributed by atoms with van der Waals surface area (Å²) in [6, 6.07) is 5.75. The van der Waals surface area contributed by atoms with Crippen LogP contribution in [0.2, 0.25) is 0 Å². The van der Waals surface area contributed by atoms with Gasteiger partial charge >= 0.3 is 0 Å². The molecule has 1 rings (SSSR count). The van der Waals surface area contributed by atoms with Crippen molar-refractivity contribution in [2.24, 2.45) is 5.92 Å². The van der Waals surface area contributed by atoms with E-state index in [0.29, 0.717) is 5.92 Å². The Morgan fingerprint density at radius 1 is 1.38 bits per heavy atom. The number of nitrogens with one attached hydrogen (secondary N) is 2. The predicted molar refractivity (Wildman–Crippen MR) is 67.9 cm³/mol. The Labute approximate surface area is 97.2 Å². The molecule has 0 spiro atoms. The van der Waals surface area contributed by atoms with Crippen molar-refractivity contribution in [3.63, 3.8) is 0 Å². The van der Waals surface area contributed by atoms with Crippen LogP contribution >= 0.6 is 0 Å². The first-order valence-corrected chi connectivity index (χ1v) is 5.61. The second-order valence-corrected chi connectivity index (χ2v) is 4.33. The number of carbonyl (C=O) groups is 1. The van der Waals surface area contributed by atoms with Crippen LogP contribution in [0, 0.1) is 12.8 Å². The van der Waals surface area contributed by atoms with E-state index in [0.717, 1.165) is 23.4 Å². The van der Waals surface area contributed by atoms with Crippen molar-refractivity contribution in [2.75, 3.05) is 18.9 Å². The molecule has 0 aliphatic carbocycles. The largest absolute Gasteiger partial charge is 0.385 e. The Morgan fingerprint density at radius 3 is 2.62 bits per heavy atom. The number of hydrogen-bond acceptors (Lipinski definition) is 2. The van der Waals surface area contributed by atoms with Crippen LogP contribution in [0.4, 0.5) is 5.69 Å². The average molecular weight is 220 g/mol. The molecule has 88 valence electrons. The molecule has 2 N–H and O–H groups in total. The van der Waals surface area contributed by atoms with E-state index in [4.69, 9.17) is 0 Å². The average Bonchev–Trinajstić information content (AvgIpc) is 2.26. The van der Waals surface area contributed by atoms with Crippen LogP contribution in [0.25, 0.3) is 0 Å². The van der Waals surface area contributed by atoms with Crippen LogP contribution < -0.4 is 10.6 Å². The Balaban J connectivity index is 2.90. The zero-order chi connectivity index (χ0) is 12.1. The van der Waals surface area contributed by atoms with Gasteiger partial charge in [-0.2, -0.15) is 0 Å². The van der Waals surface area contributed by atoms with E-state index in [1.807, 2.05) is 25.1 Å². The molecule has 0 aromatic heterocycles. The van der Waals surface area contributed by atoms with Crippen LogP contribution in [0.15, 0.2) is 18.2 Å². The van der Waals surface area contributed by atoms with Crippen LogP contribution in [-0.2, 0) is 0 Å². The molecule has 0 radical (unpaired) electrons. The van der Waals surface area contributed by atoms with E-state index in [1.54, 1.807) is 7.05 Å². The van der Waals surface area contributed by atoms with Gasteiger partial charge in [-0.1, -0.05) is 19.9 Å². The van der Waals surface area contributed by atoms with E-state index in [-0.39, 0.29) is 5.91 Å². The summed E-state index contributed by atoms with van der Waals surface area (Å²) in [6.45, 7) is 7.20. The molecule has 3 heteroatoms. The molecule has 1 aromatic rings. The van der Waals surface area contributed by atoms with E-state index >= 15 is 0 Å². The van der Waals surface area contributed by atoms with Crippen molar-refractivity contribution >= 4 is 11.6 Å². The van der Waals surface area contributed by atoms with Crippen molar-refractivity contribution in [1.82, 2.24) is 5.32 Å². The molecule has 0 aliphatic heterocycles. The first kappa shape index (κ1) is 12.6. The Hall–Kier alpha value is -1.51. The lowest BCUT2D eigenvalue weighted by molar-refractivity contribution is 0.0962. The van der Waals surface area contributed by atoms with Crippen molar-refractivity contribution in [1.29, 1.82) is 0 Å². The molecule has 0 heterocycles. The molecule has 1 aromatic carbocycles. The SMILES string of the molecule is CNC(=O)c1cccc(NCC(C)C)c1C. The summed E-state index contributed by atoms with van der Waals surface area (Å²) in [7, 11) is 1.65. The van der Waals surface area contributed by atoms with Gasteiger partial charge in [-0.25, -0.2) is 0 Å². The fourth-order valence-corrected chi connectivity index (χ4v) is 1.52. The summed E-state index contributed by atoms with van der Waals surface area (Å²) >= 11 is 0. The number of hydrogen-bond donors (Lipinski definition) is 2. The number of anilines is 1. The molecule has 0 atom stereocenters. The maximum atomic E-state index is 11.6. The van der Waals surface area contributed by atoms with Gasteiger partial charge in [-0.3, -0.25) is 4.79 Å². The molecule has 0 saturated carbocycles. The smallest absolute Gasteiger partial charge is 0.251 e. The monoisotopic (exact) mass is 220 g/mol. The lowest BCUT2D eigenvalue weighted by atomic mass is 10.1. The number of amides is 1. The second kappa shape index (κ2) is 5.54. The highest BCUT2D eigenvalue weighted by molar-refractivity contribution is 5.96. The minimum absolute atomic E-state index is 0.0364. The van der Waals surface area contributed by atoms with E-state index < -0.39 is 0 Å². The molecule has 1 amide bonds. The van der Waals surface area contributed by atoms with Crippen molar-refractivity contribution in [3.05, 3.63) is 29.3 Å². The molecule has 3 nitrogen and oxygen atoms in total. The van der Waals surface area contributed by atoms with Gasteiger partial charge in [0.15, 0.2) is 0 Å². The third-order valence-electron chi connectivity index (χ3n) is 2.51. The minimum Gasteiger partial charge on any atom is -0.385 e. The summed E-state index contributed by atoms with van der Waals surface area (Å²) in [6.07, 6.45) is 0. The third-order valence-corrected chi connectivity index (χ3v) is 2.51. The summed E-state index contributed by atoms with van der Waals surface area (Å²) in [5.41, 5.74) is 2.77. The molecule has 0 fully saturated rings. The lowest BCUT2D eigenvalue weighted by Gasteiger charge is -2.13. The highest BCUT2D eigenvalue weighted by Crippen LogP contribution is 2.19. The zero-order valence-electron chi connectivity index (χ0n) is 10.4. The van der Waals surface area contributed by atoms with Crippen molar-refractivity contribution < 1.29 is 4.79 Å². The van der Waals surface area contributed by atoms with E-state index in [2.05, 4.69) is 24.5 Å². The first-order valence-electron chi connectivity index (χ1n) is 5.61. The second-order valence-electron chi connectivity index (χ2n) is 4.33. The Bertz CT molecular complexity index is 372. The van der Waals surface area contributed by atoms with Gasteiger partial charge in [0, 0.05) is 24.8 Å². The predicted octanol–water partition coefficient (Wildman–Crippen LogP) is 2.42. The maximum absolute atomic E-state index is 11.6. The molecular formula is C13H20N2O. The van der Waals surface area contributed by atoms with Gasteiger partial charge < -0.3 is 10.6 Å². The highest BCUT2D eigenvalue weighted by Gasteiger charge is 2.09. The van der Waals surface area contributed by atoms with Crippen LogP contribution in [0.5, 0.6) is 0 Å². The third kappa shape index (κ3) is 2.99. The minimum atomic E-state index is -0.0364. The maximum Gasteiger partial charge on any atom is 0.251 e. The van der Waals surface area contributed by atoms with Crippen molar-refractivity contribution in [3.8, 4) is 0 Å². The number of benzene rings is 1. The Kier molecular flexibility index (Phi) is 4.35. The standard InChI is InChI=1S/C13H20N2O/c1-9(2)8-15-12-7-5-6-11(10(12)3)13(16)14-4/h5-7,9,15H,8H2,1-4H3,(H,14,16). The van der Waals surface area contributed by atoms with Crippen LogP contribution in [0.3, 0.4) is 0 Å². The van der Waals surface area contributed by atoms with Gasteiger partial charge in [0.25, 0.3) is 5.91 Å². The highest BCUT2D eigenvalue weighted by atomic mass is 16.1. The number of carbonyl (C=O) groups excluding carboxylic acids is 1. The van der Waals surface area contributed by atoms with E-state index in [9.17, 15) is 4.79 Å². The molecule has 0 aliphatic rings. The van der Waals surface area contributed by atoms with Gasteiger partial charge in [-0.15, -0.1) is 0 Å². The molecular weight excluding hydrogens is 200 g/mol. The van der Waals surface area contributed by atoms with Crippen molar-refractivity contribution in [2.45, 2.75) is 20.8 Å². The van der Waals surface area contributed by atoms with Crippen LogP contribution in [0.1, 0.15) is 29.8 Å². The summed E-state index contributed by atoms with van der Waals surface area (Å²) < 4.78 is 0. The number of rotatable bonds is 4. The van der Waals surface area contributed by atoms with Gasteiger partial charge in [0.05, 0.1) is 0 Å². The molecule has 0 unspecified atom stereocenters. The summed E-state index contributed by atoms with van der Waals surface area (Å²) in [4.78, 5) is 11.6. The first-order chi connectivity index (χ1) is 7.56. The molecule has 0 bridgehead atoms. The van der Waals surface area contributed by atoms with Crippen LogP contribution in [-0.4, -0.2) is 19.5 Å². The normalized spacial score (nSPS) is 10.3. The summed E-state index contributed by atoms with van der Waals surface area (Å²) in [5, 5.41) is 6.00. The summed E-state index contributed by atoms with van der Waals surface area (Å²) in [5.74, 6) is 0.550. The topological polar surface area (TPSA) is 41.1 Å². The van der Waals surface area contributed by atoms with Gasteiger partial charge in [0.1, 0.15) is 0 Å². The lowest BCUT2D eigenvalue weighted by Crippen LogP contribution is -2.19. The Morgan fingerprint density at radius 2 is 2.06 bits per heavy atom. The van der Waals surface area contributed by atoms with Gasteiger partial charge in [0.2, 0.25) is 0 Å². The quantitative estimate of drug-likeness (QED) is 0.818.